The van der Waals surface area contributed by atoms with Crippen LogP contribution in [0.4, 0.5) is 8.78 Å². The molecule has 3 heterocycles. The maximum absolute atomic E-state index is 14.2. The zero-order valence-corrected chi connectivity index (χ0v) is 24.9. The SMILES string of the molecule is CC(C)(C)C(NC(=O)c1cc2cc(C(F)(F)P(=O)(O)O)ccc2[nH]1)C(=O)N1CCC[C@H]1c1ncc(-c2ccccc2)s1. The zero-order chi connectivity index (χ0) is 30.4. The van der Waals surface area contributed by atoms with E-state index in [-0.39, 0.29) is 23.0 Å². The molecule has 222 valence electrons. The molecule has 0 aliphatic carbocycles. The fraction of sp³-hybridized carbons (Fsp3) is 0.345. The first-order valence-electron chi connectivity index (χ1n) is 13.4. The van der Waals surface area contributed by atoms with E-state index in [2.05, 4.69) is 15.3 Å². The average Bonchev–Trinajstić information content (AvgIpc) is 3.69. The van der Waals surface area contributed by atoms with Crippen LogP contribution in [0, 0.1) is 5.41 Å². The fourth-order valence-corrected chi connectivity index (χ4v) is 6.64. The fourth-order valence-electron chi connectivity index (χ4n) is 5.10. The molecular weight excluding hydrogens is 585 g/mol. The summed E-state index contributed by atoms with van der Waals surface area (Å²) in [6, 6.07) is 13.1. The molecule has 4 N–H and O–H groups in total. The number of thiazole rings is 1. The van der Waals surface area contributed by atoms with E-state index in [1.165, 1.54) is 12.1 Å². The van der Waals surface area contributed by atoms with Crippen molar-refractivity contribution in [3.05, 3.63) is 77.1 Å². The lowest BCUT2D eigenvalue weighted by molar-refractivity contribution is -0.136. The van der Waals surface area contributed by atoms with Gasteiger partial charge in [0, 0.05) is 29.2 Å². The number of H-pyrrole nitrogens is 1. The molecule has 4 aromatic rings. The number of aromatic nitrogens is 2. The van der Waals surface area contributed by atoms with Crippen LogP contribution in [0.1, 0.15) is 60.7 Å². The molecule has 1 fully saturated rings. The van der Waals surface area contributed by atoms with E-state index in [9.17, 15) is 22.9 Å². The Labute approximate surface area is 245 Å². The smallest absolute Gasteiger partial charge is 0.351 e. The van der Waals surface area contributed by atoms with Crippen LogP contribution >= 0.6 is 18.9 Å². The molecule has 1 aliphatic heterocycles. The van der Waals surface area contributed by atoms with E-state index in [4.69, 9.17) is 9.79 Å². The molecule has 0 radical (unpaired) electrons. The summed E-state index contributed by atoms with van der Waals surface area (Å²) < 4.78 is 39.8. The Hall–Kier alpha value is -3.44. The molecule has 5 rings (SSSR count). The number of halogens is 2. The van der Waals surface area contributed by atoms with Gasteiger partial charge in [0.05, 0.1) is 10.9 Å². The van der Waals surface area contributed by atoms with Crippen molar-refractivity contribution in [3.8, 4) is 10.4 Å². The highest BCUT2D eigenvalue weighted by atomic mass is 32.1. The molecule has 0 bridgehead atoms. The Balaban J connectivity index is 1.37. The summed E-state index contributed by atoms with van der Waals surface area (Å²) in [5.41, 5.74) is -4.52. The average molecular weight is 617 g/mol. The maximum atomic E-state index is 14.2. The number of aromatic amines is 1. The van der Waals surface area contributed by atoms with Gasteiger partial charge in [0.2, 0.25) is 5.91 Å². The number of hydrogen-bond donors (Lipinski definition) is 4. The van der Waals surface area contributed by atoms with Crippen molar-refractivity contribution < 1.29 is 32.7 Å². The van der Waals surface area contributed by atoms with Crippen LogP contribution in [-0.2, 0) is 15.0 Å². The number of rotatable bonds is 7. The largest absolute Gasteiger partial charge is 0.399 e. The summed E-state index contributed by atoms with van der Waals surface area (Å²) in [5, 5.41) is 3.83. The standard InChI is InChI=1S/C29H31F2N4O5PS/c1-28(2,3)24(27(37)35-13-7-10-22(35)26-32-16-23(42-26)17-8-5-4-6-9-17)34-25(36)21-15-18-14-19(11-12-20(18)33-21)29(30,31)41(38,39)40/h4-6,8-9,11-12,14-16,22,24,33H,7,10,13H2,1-3H3,(H,34,36)(H2,38,39,40)/t22-,24?/m0/s1. The number of hydrogen-bond acceptors (Lipinski definition) is 5. The van der Waals surface area contributed by atoms with E-state index in [0.717, 1.165) is 40.4 Å². The third kappa shape index (κ3) is 5.76. The van der Waals surface area contributed by atoms with E-state index in [1.54, 1.807) is 16.2 Å². The molecule has 2 aromatic carbocycles. The topological polar surface area (TPSA) is 136 Å². The van der Waals surface area contributed by atoms with Crippen LogP contribution in [0.25, 0.3) is 21.3 Å². The van der Waals surface area contributed by atoms with E-state index < -0.39 is 36.2 Å². The van der Waals surface area contributed by atoms with Crippen molar-refractivity contribution in [2.45, 2.75) is 51.4 Å². The summed E-state index contributed by atoms with van der Waals surface area (Å²) in [5.74, 6) is -0.853. The highest BCUT2D eigenvalue weighted by Gasteiger charge is 2.50. The van der Waals surface area contributed by atoms with Crippen LogP contribution in [0.5, 0.6) is 0 Å². The Morgan fingerprint density at radius 3 is 2.52 bits per heavy atom. The number of benzene rings is 2. The number of amides is 2. The molecule has 2 amide bonds. The minimum Gasteiger partial charge on any atom is -0.351 e. The van der Waals surface area contributed by atoms with Crippen LogP contribution in [0.2, 0.25) is 0 Å². The second-order valence-electron chi connectivity index (χ2n) is 11.5. The Bertz CT molecular complexity index is 1680. The summed E-state index contributed by atoms with van der Waals surface area (Å²) in [6.45, 7) is 6.06. The third-order valence-corrected chi connectivity index (χ3v) is 9.51. The highest BCUT2D eigenvalue weighted by Crippen LogP contribution is 2.59. The van der Waals surface area contributed by atoms with Gasteiger partial charge >= 0.3 is 13.3 Å². The number of carbonyl (C=O) groups is 2. The molecule has 1 saturated heterocycles. The first-order valence-corrected chi connectivity index (χ1v) is 15.8. The predicted octanol–water partition coefficient (Wildman–Crippen LogP) is 6.03. The molecule has 0 saturated carbocycles. The zero-order valence-electron chi connectivity index (χ0n) is 23.2. The number of fused-ring (bicyclic) bond motifs is 1. The molecule has 9 nitrogen and oxygen atoms in total. The molecule has 42 heavy (non-hydrogen) atoms. The van der Waals surface area contributed by atoms with Gasteiger partial charge < -0.3 is 25.0 Å². The number of carbonyl (C=O) groups excluding carboxylic acids is 2. The lowest BCUT2D eigenvalue weighted by Crippen LogP contribution is -2.54. The lowest BCUT2D eigenvalue weighted by Gasteiger charge is -2.35. The van der Waals surface area contributed by atoms with Crippen LogP contribution < -0.4 is 5.32 Å². The highest BCUT2D eigenvalue weighted by molar-refractivity contribution is 7.52. The van der Waals surface area contributed by atoms with Crippen molar-refractivity contribution >= 4 is 41.6 Å². The van der Waals surface area contributed by atoms with Crippen LogP contribution in [-0.4, -0.2) is 49.1 Å². The van der Waals surface area contributed by atoms with Crippen molar-refractivity contribution in [2.24, 2.45) is 5.41 Å². The lowest BCUT2D eigenvalue weighted by atomic mass is 9.85. The maximum Gasteiger partial charge on any atom is 0.399 e. The number of nitrogens with one attached hydrogen (secondary N) is 2. The summed E-state index contributed by atoms with van der Waals surface area (Å²) >= 11 is 1.54. The first kappa shape index (κ1) is 30.0. The van der Waals surface area contributed by atoms with Gasteiger partial charge in [-0.25, -0.2) is 4.98 Å². The van der Waals surface area contributed by atoms with Gasteiger partial charge in [-0.05, 0) is 42.0 Å². The van der Waals surface area contributed by atoms with Gasteiger partial charge in [0.1, 0.15) is 16.7 Å². The summed E-state index contributed by atoms with van der Waals surface area (Å²) in [7, 11) is -5.75. The van der Waals surface area contributed by atoms with Gasteiger partial charge in [-0.2, -0.15) is 8.78 Å². The number of likely N-dealkylation sites (tertiary alicyclic amines) is 1. The van der Waals surface area contributed by atoms with Crippen molar-refractivity contribution in [3.63, 3.8) is 0 Å². The minimum absolute atomic E-state index is 0.0223. The molecule has 2 aromatic heterocycles. The number of nitrogens with zero attached hydrogens (tertiary/aromatic N) is 2. The summed E-state index contributed by atoms with van der Waals surface area (Å²) in [4.78, 5) is 55.7. The number of alkyl halides is 2. The minimum atomic E-state index is -5.75. The van der Waals surface area contributed by atoms with Gasteiger partial charge in [-0.15, -0.1) is 11.3 Å². The van der Waals surface area contributed by atoms with Crippen molar-refractivity contribution in [1.82, 2.24) is 20.2 Å². The second-order valence-corrected chi connectivity index (χ2v) is 14.2. The third-order valence-electron chi connectivity index (χ3n) is 7.37. The Kier molecular flexibility index (Phi) is 7.86. The van der Waals surface area contributed by atoms with Gasteiger partial charge in [-0.1, -0.05) is 57.2 Å². The quantitative estimate of drug-likeness (QED) is 0.187. The van der Waals surface area contributed by atoms with E-state index >= 15 is 0 Å². The molecule has 13 heteroatoms. The van der Waals surface area contributed by atoms with Crippen LogP contribution in [0.15, 0.2) is 60.8 Å². The van der Waals surface area contributed by atoms with Crippen molar-refractivity contribution in [2.75, 3.05) is 6.54 Å². The van der Waals surface area contributed by atoms with E-state index in [0.29, 0.717) is 12.1 Å². The monoisotopic (exact) mass is 616 g/mol. The molecule has 0 spiro atoms. The molecule has 2 atom stereocenters. The van der Waals surface area contributed by atoms with Crippen molar-refractivity contribution in [1.29, 1.82) is 0 Å². The molecular formula is C29H31F2N4O5PS. The normalized spacial score (nSPS) is 17.0. The van der Waals surface area contributed by atoms with Gasteiger partial charge in [-0.3, -0.25) is 14.2 Å². The van der Waals surface area contributed by atoms with Gasteiger partial charge in [0.15, 0.2) is 0 Å². The molecule has 1 aliphatic rings. The first-order chi connectivity index (χ1) is 19.7. The summed E-state index contributed by atoms with van der Waals surface area (Å²) in [6.07, 6.45) is 3.36. The van der Waals surface area contributed by atoms with Gasteiger partial charge in [0.25, 0.3) is 5.91 Å². The Morgan fingerprint density at radius 2 is 1.86 bits per heavy atom. The Morgan fingerprint density at radius 1 is 1.14 bits per heavy atom. The predicted molar refractivity (Wildman–Crippen MR) is 156 cm³/mol. The second kappa shape index (κ2) is 11.0. The van der Waals surface area contributed by atoms with E-state index in [1.807, 2.05) is 57.3 Å². The molecule has 1 unspecified atom stereocenters. The van der Waals surface area contributed by atoms with Crippen LogP contribution in [0.3, 0.4) is 0 Å².